The highest BCUT2D eigenvalue weighted by atomic mass is 16.5. The van der Waals surface area contributed by atoms with Crippen molar-refractivity contribution in [2.75, 3.05) is 19.8 Å². The minimum absolute atomic E-state index is 0.0713. The summed E-state index contributed by atoms with van der Waals surface area (Å²) in [7, 11) is 0. The third kappa shape index (κ3) is 3.48. The number of hydrogen-bond acceptors (Lipinski definition) is 3. The lowest BCUT2D eigenvalue weighted by molar-refractivity contribution is -0.126. The molecular formula is C26H29N3O3. The summed E-state index contributed by atoms with van der Waals surface area (Å²) >= 11 is 0. The van der Waals surface area contributed by atoms with Gasteiger partial charge in [0.2, 0.25) is 5.91 Å². The van der Waals surface area contributed by atoms with E-state index in [9.17, 15) is 9.59 Å². The SMILES string of the molecule is CCCCOCCCNC(=O)[C@@H]1Cc2c([nH]c3ccccc23)C2c3ccccc3C(=O)N21. The average Bonchev–Trinajstić information content (AvgIpc) is 3.34. The molecule has 2 aliphatic rings. The van der Waals surface area contributed by atoms with E-state index in [0.29, 0.717) is 25.1 Å². The van der Waals surface area contributed by atoms with Crippen LogP contribution in [0.25, 0.3) is 10.9 Å². The molecule has 0 fully saturated rings. The Morgan fingerprint density at radius 2 is 1.91 bits per heavy atom. The molecular weight excluding hydrogens is 402 g/mol. The summed E-state index contributed by atoms with van der Waals surface area (Å²) in [6.45, 7) is 4.08. The molecule has 2 amide bonds. The lowest BCUT2D eigenvalue weighted by Crippen LogP contribution is -2.52. The number of nitrogens with one attached hydrogen (secondary N) is 2. The number of aromatic amines is 1. The van der Waals surface area contributed by atoms with Crippen molar-refractivity contribution in [1.82, 2.24) is 15.2 Å². The van der Waals surface area contributed by atoms with Crippen LogP contribution < -0.4 is 5.32 Å². The molecule has 0 aliphatic carbocycles. The van der Waals surface area contributed by atoms with Gasteiger partial charge >= 0.3 is 0 Å². The number of benzene rings is 2. The molecule has 0 spiro atoms. The van der Waals surface area contributed by atoms with Gasteiger partial charge in [-0.25, -0.2) is 0 Å². The molecule has 3 heterocycles. The maximum atomic E-state index is 13.4. The summed E-state index contributed by atoms with van der Waals surface area (Å²) in [5.74, 6) is -0.168. The zero-order valence-electron chi connectivity index (χ0n) is 18.4. The van der Waals surface area contributed by atoms with Crippen molar-refractivity contribution in [2.45, 2.75) is 44.7 Å². The zero-order valence-corrected chi connectivity index (χ0v) is 18.4. The number of carbonyl (C=O) groups is 2. The average molecular weight is 432 g/mol. The summed E-state index contributed by atoms with van der Waals surface area (Å²) in [4.78, 5) is 32.0. The van der Waals surface area contributed by atoms with E-state index in [1.54, 1.807) is 4.90 Å². The maximum absolute atomic E-state index is 13.4. The zero-order chi connectivity index (χ0) is 22.1. The van der Waals surface area contributed by atoms with Gasteiger partial charge in [0.25, 0.3) is 5.91 Å². The van der Waals surface area contributed by atoms with Gasteiger partial charge in [-0.3, -0.25) is 9.59 Å². The molecule has 1 aromatic heterocycles. The Hall–Kier alpha value is -3.12. The Morgan fingerprint density at radius 3 is 2.78 bits per heavy atom. The van der Waals surface area contributed by atoms with Gasteiger partial charge in [0.1, 0.15) is 6.04 Å². The van der Waals surface area contributed by atoms with Crippen LogP contribution in [-0.2, 0) is 16.0 Å². The lowest BCUT2D eigenvalue weighted by Gasteiger charge is -2.37. The number of hydrogen-bond donors (Lipinski definition) is 2. The molecule has 6 nitrogen and oxygen atoms in total. The number of H-pyrrole nitrogens is 1. The molecule has 2 N–H and O–H groups in total. The van der Waals surface area contributed by atoms with Crippen molar-refractivity contribution < 1.29 is 14.3 Å². The lowest BCUT2D eigenvalue weighted by atomic mass is 9.90. The first-order valence-corrected chi connectivity index (χ1v) is 11.6. The summed E-state index contributed by atoms with van der Waals surface area (Å²) in [5.41, 5.74) is 4.85. The highest BCUT2D eigenvalue weighted by Gasteiger charge is 2.48. The molecule has 2 aliphatic heterocycles. The van der Waals surface area contributed by atoms with E-state index >= 15 is 0 Å². The van der Waals surface area contributed by atoms with E-state index in [1.165, 1.54) is 0 Å². The normalized spacial score (nSPS) is 19.0. The minimum atomic E-state index is -0.535. The maximum Gasteiger partial charge on any atom is 0.255 e. The van der Waals surface area contributed by atoms with Crippen molar-refractivity contribution in [3.8, 4) is 0 Å². The molecule has 2 atom stereocenters. The van der Waals surface area contributed by atoms with Crippen molar-refractivity contribution in [1.29, 1.82) is 0 Å². The largest absolute Gasteiger partial charge is 0.381 e. The van der Waals surface area contributed by atoms with Gasteiger partial charge in [-0.2, -0.15) is 0 Å². The number of carbonyl (C=O) groups excluding carboxylic acids is 2. The number of fused-ring (bicyclic) bond motifs is 7. The van der Waals surface area contributed by atoms with Crippen LogP contribution >= 0.6 is 0 Å². The summed E-state index contributed by atoms with van der Waals surface area (Å²) in [6, 6.07) is 15.1. The Morgan fingerprint density at radius 1 is 1.12 bits per heavy atom. The van der Waals surface area contributed by atoms with Crippen molar-refractivity contribution in [3.05, 3.63) is 70.9 Å². The number of nitrogens with zero attached hydrogens (tertiary/aromatic N) is 1. The van der Waals surface area contributed by atoms with Crippen molar-refractivity contribution in [3.63, 3.8) is 0 Å². The third-order valence-corrected chi connectivity index (χ3v) is 6.56. The fourth-order valence-electron chi connectivity index (χ4n) is 4.99. The van der Waals surface area contributed by atoms with Crippen LogP contribution in [0.3, 0.4) is 0 Å². The van der Waals surface area contributed by atoms with Crippen LogP contribution in [0.5, 0.6) is 0 Å². The number of ether oxygens (including phenoxy) is 1. The standard InChI is InChI=1S/C26H29N3O3/c1-2-3-14-32-15-8-13-27-25(30)22-16-20-17-9-6-7-12-21(17)28-23(20)24-18-10-4-5-11-19(18)26(31)29(22)24/h4-7,9-12,22,24,28H,2-3,8,13-16H2,1H3,(H,27,30)/t22-,24?/m0/s1. The van der Waals surface area contributed by atoms with Crippen LogP contribution in [-0.4, -0.2) is 47.5 Å². The molecule has 3 aromatic rings. The van der Waals surface area contributed by atoms with E-state index in [-0.39, 0.29) is 17.9 Å². The van der Waals surface area contributed by atoms with Gasteiger partial charge in [-0.15, -0.1) is 0 Å². The van der Waals surface area contributed by atoms with Gasteiger partial charge < -0.3 is 19.9 Å². The molecule has 0 radical (unpaired) electrons. The summed E-state index contributed by atoms with van der Waals surface area (Å²) < 4.78 is 5.59. The third-order valence-electron chi connectivity index (χ3n) is 6.56. The molecule has 1 unspecified atom stereocenters. The second-order valence-electron chi connectivity index (χ2n) is 8.60. The van der Waals surface area contributed by atoms with E-state index < -0.39 is 6.04 Å². The highest BCUT2D eigenvalue weighted by molar-refractivity contribution is 6.03. The molecule has 6 heteroatoms. The Bertz CT molecular complexity index is 1150. The van der Waals surface area contributed by atoms with Crippen molar-refractivity contribution >= 4 is 22.7 Å². The first kappa shape index (κ1) is 20.8. The van der Waals surface area contributed by atoms with Gasteiger partial charge in [0, 0.05) is 48.3 Å². The van der Waals surface area contributed by atoms with E-state index in [0.717, 1.165) is 53.6 Å². The molecule has 32 heavy (non-hydrogen) atoms. The van der Waals surface area contributed by atoms with Crippen LogP contribution in [0.15, 0.2) is 48.5 Å². The quantitative estimate of drug-likeness (QED) is 0.530. The second kappa shape index (κ2) is 8.79. The van der Waals surface area contributed by atoms with Crippen LogP contribution in [0, 0.1) is 0 Å². The predicted octanol–water partition coefficient (Wildman–Crippen LogP) is 3.96. The van der Waals surface area contributed by atoms with Gasteiger partial charge in [-0.1, -0.05) is 49.7 Å². The van der Waals surface area contributed by atoms with E-state index in [4.69, 9.17) is 4.74 Å². The van der Waals surface area contributed by atoms with Gasteiger partial charge in [-0.05, 0) is 36.1 Å². The van der Waals surface area contributed by atoms with E-state index in [2.05, 4.69) is 23.3 Å². The minimum Gasteiger partial charge on any atom is -0.381 e. The molecule has 0 saturated heterocycles. The summed E-state index contributed by atoms with van der Waals surface area (Å²) in [6.07, 6.45) is 3.44. The highest BCUT2D eigenvalue weighted by Crippen LogP contribution is 2.46. The number of aromatic nitrogens is 1. The predicted molar refractivity (Wildman–Crippen MR) is 124 cm³/mol. The number of para-hydroxylation sites is 1. The van der Waals surface area contributed by atoms with Crippen molar-refractivity contribution in [2.24, 2.45) is 0 Å². The summed E-state index contributed by atoms with van der Waals surface area (Å²) in [5, 5.41) is 4.18. The Balaban J connectivity index is 1.41. The smallest absolute Gasteiger partial charge is 0.255 e. The van der Waals surface area contributed by atoms with E-state index in [1.807, 2.05) is 42.5 Å². The number of unbranched alkanes of at least 4 members (excludes halogenated alkanes) is 1. The number of rotatable bonds is 8. The Labute approximate surface area is 187 Å². The molecule has 5 rings (SSSR count). The molecule has 0 saturated carbocycles. The first-order valence-electron chi connectivity index (χ1n) is 11.6. The molecule has 166 valence electrons. The van der Waals surface area contributed by atoms with Gasteiger partial charge in [0.15, 0.2) is 0 Å². The number of amides is 2. The monoisotopic (exact) mass is 431 g/mol. The topological polar surface area (TPSA) is 74.4 Å². The second-order valence-corrected chi connectivity index (χ2v) is 8.60. The fraction of sp³-hybridized carbons (Fsp3) is 0.385. The van der Waals surface area contributed by atoms with Gasteiger partial charge in [0.05, 0.1) is 6.04 Å². The van der Waals surface area contributed by atoms with Crippen LogP contribution in [0.1, 0.15) is 59.4 Å². The molecule has 2 aromatic carbocycles. The van der Waals surface area contributed by atoms with Crippen LogP contribution in [0.2, 0.25) is 0 Å². The first-order chi connectivity index (χ1) is 15.7. The Kier molecular flexibility index (Phi) is 5.70. The fourth-order valence-corrected chi connectivity index (χ4v) is 4.99. The van der Waals surface area contributed by atoms with Crippen LogP contribution in [0.4, 0.5) is 0 Å². The molecule has 0 bridgehead atoms.